The molecule has 0 radical (unpaired) electrons. The second-order valence-electron chi connectivity index (χ2n) is 15.0. The molecule has 52 heavy (non-hydrogen) atoms. The average Bonchev–Trinajstić information content (AvgIpc) is 3.09. The van der Waals surface area contributed by atoms with E-state index in [0.29, 0.717) is 17.4 Å². The molecule has 10 heteroatoms. The molecule has 0 rings (SSSR count). The summed E-state index contributed by atoms with van der Waals surface area (Å²) < 4.78 is 33.8. The molecule has 0 amide bonds. The number of esters is 2. The lowest BCUT2D eigenvalue weighted by molar-refractivity contribution is -0.870. The highest BCUT2D eigenvalue weighted by Crippen LogP contribution is 2.38. The van der Waals surface area contributed by atoms with Crippen LogP contribution in [0.5, 0.6) is 0 Å². The van der Waals surface area contributed by atoms with Crippen molar-refractivity contribution < 1.29 is 42.1 Å². The first-order valence-corrected chi connectivity index (χ1v) is 22.2. The van der Waals surface area contributed by atoms with Crippen LogP contribution in [0.4, 0.5) is 0 Å². The third kappa shape index (κ3) is 38.0. The minimum absolute atomic E-state index is 0.0353. The van der Waals surface area contributed by atoms with E-state index in [4.69, 9.17) is 18.5 Å². The molecule has 0 aliphatic carbocycles. The Labute approximate surface area is 319 Å². The highest BCUT2D eigenvalue weighted by molar-refractivity contribution is 7.45. The first-order valence-electron chi connectivity index (χ1n) is 20.7. The van der Waals surface area contributed by atoms with Crippen molar-refractivity contribution in [2.45, 2.75) is 174 Å². The molecular formula is C42H78NO8P. The van der Waals surface area contributed by atoms with Crippen molar-refractivity contribution in [2.24, 2.45) is 0 Å². The van der Waals surface area contributed by atoms with Crippen LogP contribution in [-0.2, 0) is 32.7 Å². The predicted molar refractivity (Wildman–Crippen MR) is 213 cm³/mol. The second kappa shape index (κ2) is 35.0. The molecule has 304 valence electrons. The van der Waals surface area contributed by atoms with Gasteiger partial charge >= 0.3 is 11.9 Å². The van der Waals surface area contributed by atoms with Gasteiger partial charge in [-0.1, -0.05) is 127 Å². The number of ether oxygens (including phenoxy) is 2. The monoisotopic (exact) mass is 756 g/mol. The van der Waals surface area contributed by atoms with E-state index in [1.165, 1.54) is 51.4 Å². The summed E-state index contributed by atoms with van der Waals surface area (Å²) in [5.41, 5.74) is 0. The number of unbranched alkanes of at least 4 members (excludes halogenated alkanes) is 17. The zero-order chi connectivity index (χ0) is 38.6. The molecular weight excluding hydrogens is 677 g/mol. The van der Waals surface area contributed by atoms with Crippen LogP contribution in [0.15, 0.2) is 36.5 Å². The molecule has 0 aromatic carbocycles. The van der Waals surface area contributed by atoms with Crippen molar-refractivity contribution in [3.63, 3.8) is 0 Å². The largest absolute Gasteiger partial charge is 0.756 e. The van der Waals surface area contributed by atoms with Gasteiger partial charge in [-0.3, -0.25) is 14.2 Å². The van der Waals surface area contributed by atoms with Crippen LogP contribution in [0.25, 0.3) is 0 Å². The number of hydrogen-bond donors (Lipinski definition) is 0. The molecule has 2 atom stereocenters. The third-order valence-corrected chi connectivity index (χ3v) is 9.60. The SMILES string of the molecule is CCCC/C=C\C/C=C\CCCCCCCC(=O)O[C@H](COC(=O)CCCCCCC/C=C\CCCCCCC)COP(=O)([O-])OCC[N+](C)(C)C. The summed E-state index contributed by atoms with van der Waals surface area (Å²) in [6.45, 7) is 4.14. The van der Waals surface area contributed by atoms with E-state index >= 15 is 0 Å². The van der Waals surface area contributed by atoms with Crippen molar-refractivity contribution >= 4 is 19.8 Å². The number of carbonyl (C=O) groups is 2. The molecule has 0 aromatic rings. The molecule has 0 fully saturated rings. The van der Waals surface area contributed by atoms with E-state index in [2.05, 4.69) is 50.3 Å². The Kier molecular flexibility index (Phi) is 33.8. The number of likely N-dealkylation sites (N-methyl/N-ethyl adjacent to an activating group) is 1. The Balaban J connectivity index is 4.44. The van der Waals surface area contributed by atoms with Gasteiger partial charge in [0.05, 0.1) is 27.7 Å². The van der Waals surface area contributed by atoms with Gasteiger partial charge in [-0.25, -0.2) is 0 Å². The Morgan fingerprint density at radius 1 is 0.596 bits per heavy atom. The summed E-state index contributed by atoms with van der Waals surface area (Å²) in [5.74, 6) is -0.862. The first-order chi connectivity index (χ1) is 25.0. The van der Waals surface area contributed by atoms with Gasteiger partial charge in [0.25, 0.3) is 7.82 Å². The van der Waals surface area contributed by atoms with Crippen LogP contribution in [0.1, 0.15) is 168 Å². The van der Waals surface area contributed by atoms with Crippen molar-refractivity contribution in [2.75, 3.05) is 47.5 Å². The van der Waals surface area contributed by atoms with Crippen LogP contribution in [0, 0.1) is 0 Å². The Hall–Kier alpha value is -1.77. The van der Waals surface area contributed by atoms with Gasteiger partial charge in [0.1, 0.15) is 19.8 Å². The van der Waals surface area contributed by atoms with Crippen molar-refractivity contribution in [3.05, 3.63) is 36.5 Å². The van der Waals surface area contributed by atoms with Gasteiger partial charge in [0.2, 0.25) is 0 Å². The third-order valence-electron chi connectivity index (χ3n) is 8.63. The second-order valence-corrected chi connectivity index (χ2v) is 16.4. The van der Waals surface area contributed by atoms with E-state index < -0.39 is 32.5 Å². The summed E-state index contributed by atoms with van der Waals surface area (Å²) in [7, 11) is 1.15. The van der Waals surface area contributed by atoms with E-state index in [1.54, 1.807) is 0 Å². The summed E-state index contributed by atoms with van der Waals surface area (Å²) >= 11 is 0. The number of phosphoric ester groups is 1. The lowest BCUT2D eigenvalue weighted by Crippen LogP contribution is -2.37. The molecule has 0 saturated carbocycles. The molecule has 0 N–H and O–H groups in total. The molecule has 0 spiro atoms. The first kappa shape index (κ1) is 50.2. The molecule has 0 aromatic heterocycles. The molecule has 0 aliphatic heterocycles. The van der Waals surface area contributed by atoms with E-state index in [9.17, 15) is 19.0 Å². The maximum absolute atomic E-state index is 12.6. The fourth-order valence-electron chi connectivity index (χ4n) is 5.31. The van der Waals surface area contributed by atoms with E-state index in [-0.39, 0.29) is 26.1 Å². The van der Waals surface area contributed by atoms with Gasteiger partial charge in [-0.05, 0) is 64.2 Å². The van der Waals surface area contributed by atoms with Crippen LogP contribution in [-0.4, -0.2) is 70.0 Å². The molecule has 0 saturated heterocycles. The maximum Gasteiger partial charge on any atom is 0.306 e. The number of quaternary nitrogens is 1. The number of carbonyl (C=O) groups excluding carboxylic acids is 2. The molecule has 0 aliphatic rings. The number of rotatable bonds is 37. The van der Waals surface area contributed by atoms with Crippen LogP contribution in [0.3, 0.4) is 0 Å². The fourth-order valence-corrected chi connectivity index (χ4v) is 6.04. The molecule has 0 bridgehead atoms. The Morgan fingerprint density at radius 2 is 1.06 bits per heavy atom. The summed E-state index contributed by atoms with van der Waals surface area (Å²) in [6.07, 6.45) is 37.3. The van der Waals surface area contributed by atoms with Crippen LogP contribution in [0.2, 0.25) is 0 Å². The summed E-state index contributed by atoms with van der Waals surface area (Å²) in [4.78, 5) is 37.4. The van der Waals surface area contributed by atoms with Gasteiger partial charge in [0.15, 0.2) is 6.10 Å². The fraction of sp³-hybridized carbons (Fsp3) is 0.810. The van der Waals surface area contributed by atoms with Crippen molar-refractivity contribution in [1.29, 1.82) is 0 Å². The Bertz CT molecular complexity index is 991. The lowest BCUT2D eigenvalue weighted by Gasteiger charge is -2.28. The normalized spacial score (nSPS) is 14.0. The number of phosphoric acid groups is 1. The van der Waals surface area contributed by atoms with Gasteiger partial charge in [-0.2, -0.15) is 0 Å². The van der Waals surface area contributed by atoms with E-state index in [0.717, 1.165) is 83.5 Å². The zero-order valence-corrected chi connectivity index (χ0v) is 34.9. The number of hydrogen-bond acceptors (Lipinski definition) is 8. The Morgan fingerprint density at radius 3 is 1.60 bits per heavy atom. The van der Waals surface area contributed by atoms with Crippen molar-refractivity contribution in [1.82, 2.24) is 0 Å². The number of allylic oxidation sites excluding steroid dienone is 6. The van der Waals surface area contributed by atoms with E-state index in [1.807, 2.05) is 21.1 Å². The van der Waals surface area contributed by atoms with Crippen molar-refractivity contribution in [3.8, 4) is 0 Å². The quantitative estimate of drug-likeness (QED) is 0.0203. The minimum Gasteiger partial charge on any atom is -0.756 e. The minimum atomic E-state index is -4.62. The molecule has 1 unspecified atom stereocenters. The van der Waals surface area contributed by atoms with Gasteiger partial charge < -0.3 is 27.9 Å². The molecule has 9 nitrogen and oxygen atoms in total. The zero-order valence-electron chi connectivity index (χ0n) is 34.0. The van der Waals surface area contributed by atoms with Crippen LogP contribution < -0.4 is 4.89 Å². The molecule has 0 heterocycles. The summed E-state index contributed by atoms with van der Waals surface area (Å²) in [5, 5.41) is 0. The van der Waals surface area contributed by atoms with Crippen LogP contribution >= 0.6 is 7.82 Å². The maximum atomic E-state index is 12.6. The smallest absolute Gasteiger partial charge is 0.306 e. The standard InChI is InChI=1S/C42H78NO8P/c1-6-8-10-12-14-16-18-20-22-24-26-28-30-32-34-41(44)48-38-40(39-50-52(46,47)49-37-36-43(3,4)5)51-42(45)35-33-31-29-27-25-23-21-19-17-15-13-11-9-7-2/h13,15,18-21,40H,6-12,14,16-17,22-39H2,1-5H3/b15-13-,20-18-,21-19-/t40-/m1/s1. The highest BCUT2D eigenvalue weighted by Gasteiger charge is 2.21. The summed E-state index contributed by atoms with van der Waals surface area (Å²) in [6, 6.07) is 0. The predicted octanol–water partition coefficient (Wildman–Crippen LogP) is 10.7. The topological polar surface area (TPSA) is 111 Å². The highest BCUT2D eigenvalue weighted by atomic mass is 31.2. The lowest BCUT2D eigenvalue weighted by atomic mass is 10.1. The van der Waals surface area contributed by atoms with Gasteiger partial charge in [0, 0.05) is 12.8 Å². The average molecular weight is 756 g/mol. The number of nitrogens with zero attached hydrogens (tertiary/aromatic N) is 1. The van der Waals surface area contributed by atoms with Gasteiger partial charge in [-0.15, -0.1) is 0 Å².